The zero-order valence-electron chi connectivity index (χ0n) is 11.4. The average molecular weight is 263 g/mol. The molecule has 0 radical (unpaired) electrons. The lowest BCUT2D eigenvalue weighted by Gasteiger charge is -2.17. The summed E-state index contributed by atoms with van der Waals surface area (Å²) >= 11 is 0. The van der Waals surface area contributed by atoms with Gasteiger partial charge in [0.2, 0.25) is 5.91 Å². The SMILES string of the molecule is CC(C)(C)C(=O)Nc1ccc(C#CCCO)cc1F. The summed E-state index contributed by atoms with van der Waals surface area (Å²) in [4.78, 5) is 11.7. The van der Waals surface area contributed by atoms with Gasteiger partial charge in [-0.3, -0.25) is 4.79 Å². The fraction of sp³-hybridized carbons (Fsp3) is 0.400. The Kier molecular flexibility index (Phi) is 5.08. The maximum atomic E-state index is 13.8. The van der Waals surface area contributed by atoms with Crippen molar-refractivity contribution in [3.05, 3.63) is 29.6 Å². The van der Waals surface area contributed by atoms with Crippen molar-refractivity contribution in [3.63, 3.8) is 0 Å². The van der Waals surface area contributed by atoms with E-state index in [1.54, 1.807) is 26.8 Å². The molecule has 1 aromatic rings. The molecular formula is C15H18FNO2. The number of halogens is 1. The zero-order chi connectivity index (χ0) is 14.5. The molecule has 0 aliphatic heterocycles. The smallest absolute Gasteiger partial charge is 0.229 e. The van der Waals surface area contributed by atoms with E-state index in [2.05, 4.69) is 17.2 Å². The van der Waals surface area contributed by atoms with Gasteiger partial charge in [-0.15, -0.1) is 0 Å². The van der Waals surface area contributed by atoms with Crippen molar-refractivity contribution < 1.29 is 14.3 Å². The van der Waals surface area contributed by atoms with Crippen LogP contribution in [0.5, 0.6) is 0 Å². The fourth-order valence-electron chi connectivity index (χ4n) is 1.22. The first-order valence-corrected chi connectivity index (χ1v) is 6.05. The van der Waals surface area contributed by atoms with Crippen molar-refractivity contribution in [1.29, 1.82) is 0 Å². The van der Waals surface area contributed by atoms with Gasteiger partial charge >= 0.3 is 0 Å². The van der Waals surface area contributed by atoms with E-state index in [9.17, 15) is 9.18 Å². The van der Waals surface area contributed by atoms with Crippen LogP contribution in [0.15, 0.2) is 18.2 Å². The maximum absolute atomic E-state index is 13.8. The molecule has 0 fully saturated rings. The first kappa shape index (κ1) is 15.2. The van der Waals surface area contributed by atoms with Gasteiger partial charge in [0.15, 0.2) is 0 Å². The third-order valence-electron chi connectivity index (χ3n) is 2.37. The Morgan fingerprint density at radius 3 is 2.63 bits per heavy atom. The number of anilines is 1. The monoisotopic (exact) mass is 263 g/mol. The van der Waals surface area contributed by atoms with Crippen molar-refractivity contribution in [3.8, 4) is 11.8 Å². The molecule has 19 heavy (non-hydrogen) atoms. The second-order valence-corrected chi connectivity index (χ2v) is 5.17. The number of aliphatic hydroxyl groups excluding tert-OH is 1. The third-order valence-corrected chi connectivity index (χ3v) is 2.37. The number of hydrogen-bond donors (Lipinski definition) is 2. The number of hydrogen-bond acceptors (Lipinski definition) is 2. The highest BCUT2D eigenvalue weighted by Crippen LogP contribution is 2.20. The van der Waals surface area contributed by atoms with Crippen molar-refractivity contribution in [1.82, 2.24) is 0 Å². The molecule has 1 aromatic carbocycles. The van der Waals surface area contributed by atoms with Gasteiger partial charge in [-0.2, -0.15) is 0 Å². The zero-order valence-corrected chi connectivity index (χ0v) is 11.4. The van der Waals surface area contributed by atoms with Gasteiger partial charge in [-0.25, -0.2) is 4.39 Å². The molecule has 1 rings (SSSR count). The summed E-state index contributed by atoms with van der Waals surface area (Å²) in [5, 5.41) is 11.1. The molecule has 4 heteroatoms. The van der Waals surface area contributed by atoms with Gasteiger partial charge in [0.25, 0.3) is 0 Å². The van der Waals surface area contributed by atoms with Crippen LogP contribution in [-0.4, -0.2) is 17.6 Å². The molecule has 102 valence electrons. The predicted molar refractivity (Wildman–Crippen MR) is 73.1 cm³/mol. The number of benzene rings is 1. The fourth-order valence-corrected chi connectivity index (χ4v) is 1.22. The Morgan fingerprint density at radius 2 is 2.11 bits per heavy atom. The van der Waals surface area contributed by atoms with Gasteiger partial charge in [0.05, 0.1) is 12.3 Å². The van der Waals surface area contributed by atoms with Crippen LogP contribution in [0.2, 0.25) is 0 Å². The highest BCUT2D eigenvalue weighted by molar-refractivity contribution is 5.94. The van der Waals surface area contributed by atoms with E-state index in [4.69, 9.17) is 5.11 Å². The number of nitrogens with one attached hydrogen (secondary N) is 1. The Labute approximate surface area is 112 Å². The number of carbonyl (C=O) groups is 1. The Morgan fingerprint density at radius 1 is 1.42 bits per heavy atom. The molecule has 0 unspecified atom stereocenters. The lowest BCUT2D eigenvalue weighted by atomic mass is 9.95. The minimum atomic E-state index is -0.577. The van der Waals surface area contributed by atoms with Crippen molar-refractivity contribution >= 4 is 11.6 Å². The molecule has 0 aliphatic rings. The summed E-state index contributed by atoms with van der Waals surface area (Å²) in [6.07, 6.45) is 0.351. The molecule has 1 amide bonds. The number of rotatable bonds is 2. The van der Waals surface area contributed by atoms with Crippen LogP contribution >= 0.6 is 0 Å². The lowest BCUT2D eigenvalue weighted by Crippen LogP contribution is -2.28. The lowest BCUT2D eigenvalue weighted by molar-refractivity contribution is -0.123. The molecule has 0 aromatic heterocycles. The third kappa shape index (κ3) is 4.72. The second kappa shape index (κ2) is 6.35. The van der Waals surface area contributed by atoms with E-state index in [1.807, 2.05) is 0 Å². The minimum absolute atomic E-state index is 0.0186. The van der Waals surface area contributed by atoms with Crippen molar-refractivity contribution in [2.45, 2.75) is 27.2 Å². The van der Waals surface area contributed by atoms with E-state index in [1.165, 1.54) is 12.1 Å². The predicted octanol–water partition coefficient (Wildman–Crippen LogP) is 2.54. The number of aliphatic hydroxyl groups is 1. The minimum Gasteiger partial charge on any atom is -0.395 e. The summed E-state index contributed by atoms with van der Waals surface area (Å²) in [7, 11) is 0. The van der Waals surface area contributed by atoms with Gasteiger partial charge in [0, 0.05) is 17.4 Å². The highest BCUT2D eigenvalue weighted by atomic mass is 19.1. The quantitative estimate of drug-likeness (QED) is 0.806. The van der Waals surface area contributed by atoms with E-state index < -0.39 is 11.2 Å². The molecular weight excluding hydrogens is 245 g/mol. The maximum Gasteiger partial charge on any atom is 0.229 e. The molecule has 2 N–H and O–H groups in total. The molecule has 0 spiro atoms. The van der Waals surface area contributed by atoms with Gasteiger partial charge in [-0.1, -0.05) is 32.6 Å². The van der Waals surface area contributed by atoms with Crippen LogP contribution in [0.4, 0.5) is 10.1 Å². The van der Waals surface area contributed by atoms with E-state index in [0.717, 1.165) is 0 Å². The molecule has 0 heterocycles. The summed E-state index contributed by atoms with van der Waals surface area (Å²) in [5.41, 5.74) is 0.0822. The average Bonchev–Trinajstić information content (AvgIpc) is 2.31. The molecule has 0 aliphatic carbocycles. The van der Waals surface area contributed by atoms with Gasteiger partial charge < -0.3 is 10.4 Å². The van der Waals surface area contributed by atoms with Gasteiger partial charge in [0.1, 0.15) is 5.82 Å². The van der Waals surface area contributed by atoms with Crippen LogP contribution in [-0.2, 0) is 4.79 Å². The summed E-state index contributed by atoms with van der Waals surface area (Å²) in [5.74, 6) is 4.68. The topological polar surface area (TPSA) is 49.3 Å². The van der Waals surface area contributed by atoms with Crippen LogP contribution in [0.25, 0.3) is 0 Å². The number of amides is 1. The Bertz CT molecular complexity index is 521. The van der Waals surface area contributed by atoms with Crippen molar-refractivity contribution in [2.24, 2.45) is 5.41 Å². The Balaban J connectivity index is 2.84. The van der Waals surface area contributed by atoms with Crippen LogP contribution in [0, 0.1) is 23.1 Å². The first-order chi connectivity index (χ1) is 8.84. The molecule has 0 atom stereocenters. The molecule has 0 bridgehead atoms. The van der Waals surface area contributed by atoms with E-state index >= 15 is 0 Å². The molecule has 0 saturated heterocycles. The largest absolute Gasteiger partial charge is 0.395 e. The van der Waals surface area contributed by atoms with Crippen LogP contribution < -0.4 is 5.32 Å². The number of carbonyl (C=O) groups excluding carboxylic acids is 1. The molecule has 3 nitrogen and oxygen atoms in total. The van der Waals surface area contributed by atoms with E-state index in [0.29, 0.717) is 12.0 Å². The van der Waals surface area contributed by atoms with E-state index in [-0.39, 0.29) is 18.2 Å². The second-order valence-electron chi connectivity index (χ2n) is 5.17. The standard InChI is InChI=1S/C15H18FNO2/c1-15(2,3)14(19)17-13-8-7-11(10-12(13)16)6-4-5-9-18/h7-8,10,18H,5,9H2,1-3H3,(H,17,19). The van der Waals surface area contributed by atoms with Gasteiger partial charge in [-0.05, 0) is 18.2 Å². The first-order valence-electron chi connectivity index (χ1n) is 6.05. The summed E-state index contributed by atoms with van der Waals surface area (Å²) in [6, 6.07) is 4.39. The summed E-state index contributed by atoms with van der Waals surface area (Å²) in [6.45, 7) is 5.26. The highest BCUT2D eigenvalue weighted by Gasteiger charge is 2.22. The van der Waals surface area contributed by atoms with Crippen LogP contribution in [0.1, 0.15) is 32.8 Å². The van der Waals surface area contributed by atoms with Crippen LogP contribution in [0.3, 0.4) is 0 Å². The van der Waals surface area contributed by atoms with Crippen molar-refractivity contribution in [2.75, 3.05) is 11.9 Å². The molecule has 0 saturated carbocycles. The summed E-state index contributed by atoms with van der Waals surface area (Å²) < 4.78 is 13.8. The Hall–Kier alpha value is -1.86. The normalized spacial score (nSPS) is 10.6.